The molecular weight excluding hydrogens is 427 g/mol. The Balaban J connectivity index is 1.69. The molecule has 0 unspecified atom stereocenters. The van der Waals surface area contributed by atoms with Gasteiger partial charge in [0.15, 0.2) is 5.11 Å². The van der Waals surface area contributed by atoms with Gasteiger partial charge in [0.05, 0.1) is 17.7 Å². The van der Waals surface area contributed by atoms with E-state index in [1.165, 1.54) is 31.7 Å². The van der Waals surface area contributed by atoms with E-state index >= 15 is 0 Å². The zero-order valence-electron chi connectivity index (χ0n) is 17.8. The molecule has 1 saturated heterocycles. The van der Waals surface area contributed by atoms with Crippen LogP contribution in [-0.2, 0) is 10.9 Å². The molecule has 1 saturated carbocycles. The van der Waals surface area contributed by atoms with Crippen LogP contribution in [0.1, 0.15) is 67.8 Å². The third kappa shape index (κ3) is 6.32. The smallest absolute Gasteiger partial charge is 0.417 e. The molecule has 1 heterocycles. The lowest BCUT2D eigenvalue weighted by Gasteiger charge is -2.42. The first-order valence-electron chi connectivity index (χ1n) is 11.0. The van der Waals surface area contributed by atoms with Gasteiger partial charge < -0.3 is 15.4 Å². The van der Waals surface area contributed by atoms with Crippen LogP contribution < -0.4 is 10.6 Å². The second kappa shape index (κ2) is 10.6. The maximum atomic E-state index is 13.5. The topological polar surface area (TPSA) is 53.6 Å². The Hall–Kier alpha value is -1.87. The Kier molecular flexibility index (Phi) is 8.16. The van der Waals surface area contributed by atoms with Crippen LogP contribution in [0.2, 0.25) is 0 Å². The molecule has 9 heteroatoms. The lowest BCUT2D eigenvalue weighted by atomic mass is 9.88. The largest absolute Gasteiger partial charge is 0.462 e. The molecule has 3 rings (SSSR count). The number of nitrogens with one attached hydrogen (secondary N) is 2. The molecule has 2 atom stereocenters. The number of hydrogen-bond donors (Lipinski definition) is 2. The molecule has 0 radical (unpaired) electrons. The number of anilines is 1. The standard InChI is InChI=1S/C22H30F3N3O2S/c1-2-30-20(29)16-11-10-15(14-17(16)22(23,24)25)26-21(31)27-18-8-4-5-9-19(18)28-12-6-3-7-13-28/h10-11,14,18-19H,2-9,12-13H2,1H3,(H2,26,27,31)/t18-,19-/m1/s1. The van der Waals surface area contributed by atoms with E-state index in [0.717, 1.165) is 44.5 Å². The molecule has 1 aromatic carbocycles. The number of alkyl halides is 3. The summed E-state index contributed by atoms with van der Waals surface area (Å²) in [6.07, 6.45) is 3.38. The van der Waals surface area contributed by atoms with Crippen LogP contribution in [0, 0.1) is 0 Å². The van der Waals surface area contributed by atoms with E-state index in [4.69, 9.17) is 17.0 Å². The fourth-order valence-corrected chi connectivity index (χ4v) is 4.81. The Morgan fingerprint density at radius 2 is 1.87 bits per heavy atom. The molecule has 0 amide bonds. The third-order valence-electron chi connectivity index (χ3n) is 5.98. The van der Waals surface area contributed by atoms with Gasteiger partial charge in [-0.1, -0.05) is 19.3 Å². The van der Waals surface area contributed by atoms with Crippen molar-refractivity contribution in [2.45, 2.75) is 70.1 Å². The molecule has 1 aliphatic carbocycles. The van der Waals surface area contributed by atoms with E-state index in [1.54, 1.807) is 6.92 Å². The van der Waals surface area contributed by atoms with Gasteiger partial charge in [-0.25, -0.2) is 4.79 Å². The van der Waals surface area contributed by atoms with Gasteiger partial charge in [-0.2, -0.15) is 13.2 Å². The normalized spacial score (nSPS) is 22.6. The first kappa shape index (κ1) is 23.8. The molecule has 31 heavy (non-hydrogen) atoms. The minimum Gasteiger partial charge on any atom is -0.462 e. The number of halogens is 3. The van der Waals surface area contributed by atoms with Crippen molar-refractivity contribution in [1.82, 2.24) is 10.2 Å². The number of hydrogen-bond acceptors (Lipinski definition) is 4. The Morgan fingerprint density at radius 1 is 1.16 bits per heavy atom. The number of thiocarbonyl (C=S) groups is 1. The molecule has 1 aliphatic heterocycles. The summed E-state index contributed by atoms with van der Waals surface area (Å²) in [6.45, 7) is 3.73. The van der Waals surface area contributed by atoms with Crippen molar-refractivity contribution in [2.75, 3.05) is 25.0 Å². The highest BCUT2D eigenvalue weighted by Gasteiger charge is 2.36. The van der Waals surface area contributed by atoms with Gasteiger partial charge in [0.2, 0.25) is 0 Å². The highest BCUT2D eigenvalue weighted by atomic mass is 32.1. The summed E-state index contributed by atoms with van der Waals surface area (Å²) < 4.78 is 45.3. The number of ether oxygens (including phenoxy) is 1. The summed E-state index contributed by atoms with van der Waals surface area (Å²) in [5, 5.41) is 6.51. The SMILES string of the molecule is CCOC(=O)c1ccc(NC(=S)N[C@@H]2CCCC[C@H]2N2CCCCC2)cc1C(F)(F)F. The van der Waals surface area contributed by atoms with Crippen molar-refractivity contribution in [3.63, 3.8) is 0 Å². The molecule has 172 valence electrons. The molecular formula is C22H30F3N3O2S. The number of piperidine rings is 1. The second-order valence-electron chi connectivity index (χ2n) is 8.13. The van der Waals surface area contributed by atoms with Gasteiger partial charge in [0, 0.05) is 17.8 Å². The summed E-state index contributed by atoms with van der Waals surface area (Å²) in [4.78, 5) is 14.4. The van der Waals surface area contributed by atoms with E-state index in [2.05, 4.69) is 15.5 Å². The molecule has 5 nitrogen and oxygen atoms in total. The Morgan fingerprint density at radius 3 is 2.55 bits per heavy atom. The minimum atomic E-state index is -4.68. The monoisotopic (exact) mass is 457 g/mol. The molecule has 2 aliphatic rings. The average molecular weight is 458 g/mol. The van der Waals surface area contributed by atoms with Crippen molar-refractivity contribution in [3.05, 3.63) is 29.3 Å². The van der Waals surface area contributed by atoms with Gasteiger partial charge in [0.25, 0.3) is 0 Å². The number of esters is 1. The van der Waals surface area contributed by atoms with Crippen molar-refractivity contribution >= 4 is 29.0 Å². The number of benzene rings is 1. The molecule has 1 aromatic rings. The van der Waals surface area contributed by atoms with Crippen LogP contribution in [0.15, 0.2) is 18.2 Å². The van der Waals surface area contributed by atoms with Gasteiger partial charge in [0.1, 0.15) is 0 Å². The first-order chi connectivity index (χ1) is 14.8. The van der Waals surface area contributed by atoms with Crippen molar-refractivity contribution < 1.29 is 22.7 Å². The van der Waals surface area contributed by atoms with Crippen molar-refractivity contribution in [1.29, 1.82) is 0 Å². The fraction of sp³-hybridized carbons (Fsp3) is 0.636. The summed E-state index contributed by atoms with van der Waals surface area (Å²) >= 11 is 5.42. The van der Waals surface area contributed by atoms with E-state index in [0.29, 0.717) is 11.2 Å². The van der Waals surface area contributed by atoms with Gasteiger partial charge in [-0.15, -0.1) is 0 Å². The number of rotatable bonds is 5. The van der Waals surface area contributed by atoms with E-state index < -0.39 is 23.3 Å². The lowest BCUT2D eigenvalue weighted by molar-refractivity contribution is -0.138. The van der Waals surface area contributed by atoms with Crippen LogP contribution >= 0.6 is 12.2 Å². The van der Waals surface area contributed by atoms with Gasteiger partial charge >= 0.3 is 12.1 Å². The first-order valence-corrected chi connectivity index (χ1v) is 11.4. The highest BCUT2D eigenvalue weighted by molar-refractivity contribution is 7.80. The summed E-state index contributed by atoms with van der Waals surface area (Å²) in [5.41, 5.74) is -1.36. The number of nitrogens with zero attached hydrogens (tertiary/aromatic N) is 1. The average Bonchev–Trinajstić information content (AvgIpc) is 2.74. The van der Waals surface area contributed by atoms with Crippen LogP contribution in [0.5, 0.6) is 0 Å². The number of carbonyl (C=O) groups excluding carboxylic acids is 1. The predicted octanol–water partition coefficient (Wildman–Crippen LogP) is 4.97. The third-order valence-corrected chi connectivity index (χ3v) is 6.20. The second-order valence-corrected chi connectivity index (χ2v) is 8.54. The Bertz CT molecular complexity index is 782. The van der Waals surface area contributed by atoms with Crippen LogP contribution in [-0.4, -0.2) is 47.8 Å². The summed E-state index contributed by atoms with van der Waals surface area (Å²) in [6, 6.07) is 4.02. The molecule has 0 spiro atoms. The van der Waals surface area contributed by atoms with Crippen LogP contribution in [0.4, 0.5) is 18.9 Å². The maximum Gasteiger partial charge on any atom is 0.417 e. The predicted molar refractivity (Wildman–Crippen MR) is 118 cm³/mol. The zero-order valence-corrected chi connectivity index (χ0v) is 18.6. The van der Waals surface area contributed by atoms with Crippen LogP contribution in [0.25, 0.3) is 0 Å². The van der Waals surface area contributed by atoms with Crippen molar-refractivity contribution in [3.8, 4) is 0 Å². The molecule has 2 N–H and O–H groups in total. The van der Waals surface area contributed by atoms with Crippen molar-refractivity contribution in [2.24, 2.45) is 0 Å². The Labute approximate surface area is 186 Å². The summed E-state index contributed by atoms with van der Waals surface area (Å²) in [5.74, 6) is -0.992. The van der Waals surface area contributed by atoms with E-state index in [1.807, 2.05) is 0 Å². The van der Waals surface area contributed by atoms with Gasteiger partial charge in [-0.05, 0) is 76.1 Å². The molecule has 2 fully saturated rings. The zero-order chi connectivity index (χ0) is 22.4. The minimum absolute atomic E-state index is 0.00368. The highest BCUT2D eigenvalue weighted by Crippen LogP contribution is 2.34. The van der Waals surface area contributed by atoms with Gasteiger partial charge in [-0.3, -0.25) is 4.90 Å². The summed E-state index contributed by atoms with van der Waals surface area (Å²) in [7, 11) is 0. The molecule has 0 aromatic heterocycles. The number of likely N-dealkylation sites (tertiary alicyclic amines) is 1. The van der Waals surface area contributed by atoms with E-state index in [-0.39, 0.29) is 18.3 Å². The fourth-order valence-electron chi connectivity index (χ4n) is 4.55. The van der Waals surface area contributed by atoms with Crippen LogP contribution in [0.3, 0.4) is 0 Å². The quantitative estimate of drug-likeness (QED) is 0.481. The lowest BCUT2D eigenvalue weighted by Crippen LogP contribution is -2.55. The molecule has 0 bridgehead atoms. The van der Waals surface area contributed by atoms with E-state index in [9.17, 15) is 18.0 Å². The number of carbonyl (C=O) groups is 1. The maximum absolute atomic E-state index is 13.5.